The van der Waals surface area contributed by atoms with Gasteiger partial charge < -0.3 is 15.1 Å². The third-order valence-corrected chi connectivity index (χ3v) is 8.18. The van der Waals surface area contributed by atoms with E-state index >= 15 is 0 Å². The van der Waals surface area contributed by atoms with Crippen molar-refractivity contribution in [1.29, 1.82) is 0 Å². The Morgan fingerprint density at radius 3 is 2.68 bits per heavy atom. The van der Waals surface area contributed by atoms with Crippen molar-refractivity contribution in [3.63, 3.8) is 0 Å². The minimum absolute atomic E-state index is 0.0355. The molecule has 1 fully saturated rings. The second-order valence-electron chi connectivity index (χ2n) is 10.6. The van der Waals surface area contributed by atoms with Crippen molar-refractivity contribution >= 4 is 17.3 Å². The molecule has 2 aromatic carbocycles. The zero-order valence-corrected chi connectivity index (χ0v) is 21.4. The first-order chi connectivity index (χ1) is 17.9. The van der Waals surface area contributed by atoms with E-state index in [1.54, 1.807) is 37.1 Å². The molecule has 6 nitrogen and oxygen atoms in total. The van der Waals surface area contributed by atoms with E-state index < -0.39 is 6.43 Å². The summed E-state index contributed by atoms with van der Waals surface area (Å²) < 4.78 is 30.4. The monoisotopic (exact) mass is 505 g/mol. The number of nitrogens with one attached hydrogen (secondary N) is 1. The molecule has 1 atom stereocenters. The molecule has 4 heterocycles. The third-order valence-electron chi connectivity index (χ3n) is 8.18. The highest BCUT2D eigenvalue weighted by atomic mass is 19.3. The van der Waals surface area contributed by atoms with Crippen LogP contribution in [0.25, 0.3) is 11.1 Å². The van der Waals surface area contributed by atoms with Crippen molar-refractivity contribution < 1.29 is 13.6 Å². The van der Waals surface area contributed by atoms with Crippen molar-refractivity contribution in [3.05, 3.63) is 64.5 Å². The van der Waals surface area contributed by atoms with Crippen molar-refractivity contribution in [1.82, 2.24) is 20.0 Å². The van der Waals surface area contributed by atoms with Gasteiger partial charge in [-0.1, -0.05) is 6.07 Å². The van der Waals surface area contributed by atoms with Gasteiger partial charge in [-0.3, -0.25) is 9.48 Å². The quantitative estimate of drug-likeness (QED) is 0.513. The van der Waals surface area contributed by atoms with E-state index in [0.717, 1.165) is 67.8 Å². The van der Waals surface area contributed by atoms with Gasteiger partial charge in [0.2, 0.25) is 5.91 Å². The van der Waals surface area contributed by atoms with Crippen LogP contribution >= 0.6 is 0 Å². The minimum atomic E-state index is -2.59. The molecule has 1 amide bonds. The van der Waals surface area contributed by atoms with Crippen LogP contribution in [0.15, 0.2) is 36.7 Å². The number of piperidine rings is 1. The highest BCUT2D eigenvalue weighted by Gasteiger charge is 2.31. The lowest BCUT2D eigenvalue weighted by atomic mass is 9.88. The molecule has 1 N–H and O–H groups in total. The van der Waals surface area contributed by atoms with Crippen LogP contribution in [-0.4, -0.2) is 40.2 Å². The lowest BCUT2D eigenvalue weighted by molar-refractivity contribution is -0.129. The van der Waals surface area contributed by atoms with Gasteiger partial charge in [-0.05, 0) is 78.6 Å². The first kappa shape index (κ1) is 24.1. The molecule has 3 aromatic rings. The van der Waals surface area contributed by atoms with Gasteiger partial charge in [0.05, 0.1) is 6.20 Å². The Hall–Kier alpha value is -3.26. The topological polar surface area (TPSA) is 53.4 Å². The Kier molecular flexibility index (Phi) is 6.23. The summed E-state index contributed by atoms with van der Waals surface area (Å²) in [5.74, 6) is 0.473. The molecular weight excluding hydrogens is 472 g/mol. The van der Waals surface area contributed by atoms with Gasteiger partial charge >= 0.3 is 0 Å². The maximum absolute atomic E-state index is 14.4. The standard InChI is InChI=1S/C29H33F2N5O/c1-18(37)35-16-22-9-21(20-5-3-7-32-13-20)11-28(26(22)17-35)36-8-4-6-19-10-24(23-14-33-34(2)15-23)25(29(30)31)12-27(19)36/h9-12,14-15,20,29,32H,3-8,13,16-17H2,1-2H3. The van der Waals surface area contributed by atoms with Crippen LogP contribution in [-0.2, 0) is 31.4 Å². The van der Waals surface area contributed by atoms with Crippen molar-refractivity contribution in [2.75, 3.05) is 24.5 Å². The number of aromatic nitrogens is 2. The largest absolute Gasteiger partial charge is 0.341 e. The fraction of sp³-hybridized carbons (Fsp3) is 0.448. The molecule has 0 saturated carbocycles. The summed E-state index contributed by atoms with van der Waals surface area (Å²) in [5, 5.41) is 7.72. The second-order valence-corrected chi connectivity index (χ2v) is 10.6. The number of fused-ring (bicyclic) bond motifs is 2. The summed E-state index contributed by atoms with van der Waals surface area (Å²) in [5.41, 5.74) is 7.91. The number of anilines is 2. The Bertz CT molecular complexity index is 1340. The summed E-state index contributed by atoms with van der Waals surface area (Å²) >= 11 is 0. The summed E-state index contributed by atoms with van der Waals surface area (Å²) in [6.45, 7) is 5.53. The molecule has 1 saturated heterocycles. The molecule has 37 heavy (non-hydrogen) atoms. The summed E-state index contributed by atoms with van der Waals surface area (Å²) in [6, 6.07) is 8.18. The lowest BCUT2D eigenvalue weighted by Gasteiger charge is -2.35. The molecule has 1 unspecified atom stereocenters. The summed E-state index contributed by atoms with van der Waals surface area (Å²) in [6.07, 6.45) is 4.89. The number of rotatable bonds is 4. The van der Waals surface area contributed by atoms with Crippen LogP contribution in [0, 0.1) is 0 Å². The van der Waals surface area contributed by atoms with Crippen molar-refractivity contribution in [2.24, 2.45) is 7.05 Å². The molecule has 0 spiro atoms. The number of nitrogens with zero attached hydrogens (tertiary/aromatic N) is 4. The van der Waals surface area contributed by atoms with Crippen LogP contribution in [0.1, 0.15) is 66.3 Å². The minimum Gasteiger partial charge on any atom is -0.341 e. The van der Waals surface area contributed by atoms with Gasteiger partial charge in [0, 0.05) is 74.4 Å². The van der Waals surface area contributed by atoms with E-state index in [1.807, 2.05) is 11.0 Å². The van der Waals surface area contributed by atoms with Crippen LogP contribution in [0.2, 0.25) is 0 Å². The molecule has 8 heteroatoms. The Balaban J connectivity index is 1.48. The third kappa shape index (κ3) is 4.41. The maximum atomic E-state index is 14.4. The maximum Gasteiger partial charge on any atom is 0.264 e. The normalized spacial score (nSPS) is 19.3. The van der Waals surface area contributed by atoms with Gasteiger partial charge in [0.25, 0.3) is 6.43 Å². The zero-order chi connectivity index (χ0) is 25.7. The predicted octanol–water partition coefficient (Wildman–Crippen LogP) is 5.44. The van der Waals surface area contributed by atoms with Crippen LogP contribution in [0.5, 0.6) is 0 Å². The second kappa shape index (κ2) is 9.56. The fourth-order valence-corrected chi connectivity index (χ4v) is 6.24. The van der Waals surface area contributed by atoms with Crippen molar-refractivity contribution in [2.45, 2.75) is 58.0 Å². The number of carbonyl (C=O) groups is 1. The molecule has 1 aromatic heterocycles. The number of hydrogen-bond donors (Lipinski definition) is 1. The zero-order valence-electron chi connectivity index (χ0n) is 21.4. The van der Waals surface area contributed by atoms with Crippen LogP contribution < -0.4 is 10.2 Å². The number of carbonyl (C=O) groups excluding carboxylic acids is 1. The smallest absolute Gasteiger partial charge is 0.264 e. The number of alkyl halides is 2. The molecule has 3 aliphatic heterocycles. The van der Waals surface area contributed by atoms with Gasteiger partial charge in [0.1, 0.15) is 0 Å². The van der Waals surface area contributed by atoms with Crippen molar-refractivity contribution in [3.8, 4) is 11.1 Å². The number of amides is 1. The fourth-order valence-electron chi connectivity index (χ4n) is 6.24. The number of halogens is 2. The first-order valence-electron chi connectivity index (χ1n) is 13.2. The molecule has 6 rings (SSSR count). The number of hydrogen-bond acceptors (Lipinski definition) is 4. The van der Waals surface area contributed by atoms with Gasteiger partial charge in [-0.2, -0.15) is 5.10 Å². The Labute approximate surface area is 216 Å². The lowest BCUT2D eigenvalue weighted by Crippen LogP contribution is -2.29. The number of aryl methyl sites for hydroxylation is 2. The van der Waals surface area contributed by atoms with E-state index in [4.69, 9.17) is 0 Å². The van der Waals surface area contributed by atoms with E-state index in [2.05, 4.69) is 27.4 Å². The highest BCUT2D eigenvalue weighted by Crippen LogP contribution is 2.45. The highest BCUT2D eigenvalue weighted by molar-refractivity contribution is 5.80. The first-order valence-corrected chi connectivity index (χ1v) is 13.2. The summed E-state index contributed by atoms with van der Waals surface area (Å²) in [4.78, 5) is 16.4. The van der Waals surface area contributed by atoms with E-state index in [-0.39, 0.29) is 11.5 Å². The summed E-state index contributed by atoms with van der Waals surface area (Å²) in [7, 11) is 1.80. The van der Waals surface area contributed by atoms with E-state index in [0.29, 0.717) is 30.1 Å². The Morgan fingerprint density at radius 2 is 1.97 bits per heavy atom. The van der Waals surface area contributed by atoms with Gasteiger partial charge in [-0.15, -0.1) is 0 Å². The molecule has 0 bridgehead atoms. The average Bonchev–Trinajstić information content (AvgIpc) is 3.54. The molecule has 0 aliphatic carbocycles. The molecular formula is C29H33F2N5O. The number of benzene rings is 2. The van der Waals surface area contributed by atoms with Gasteiger partial charge in [-0.25, -0.2) is 8.78 Å². The Morgan fingerprint density at radius 1 is 1.11 bits per heavy atom. The SMILES string of the molecule is CC(=O)N1Cc2cc(C3CCCNC3)cc(N3CCCc4cc(-c5cnn(C)c5)c(C(F)F)cc43)c2C1. The molecule has 0 radical (unpaired) electrons. The molecule has 194 valence electrons. The van der Waals surface area contributed by atoms with Crippen LogP contribution in [0.3, 0.4) is 0 Å². The van der Waals surface area contributed by atoms with E-state index in [1.165, 1.54) is 11.1 Å². The van der Waals surface area contributed by atoms with Gasteiger partial charge in [0.15, 0.2) is 0 Å². The average molecular weight is 506 g/mol. The van der Waals surface area contributed by atoms with E-state index in [9.17, 15) is 13.6 Å². The molecule has 3 aliphatic rings. The van der Waals surface area contributed by atoms with Crippen LogP contribution in [0.4, 0.5) is 20.2 Å². The predicted molar refractivity (Wildman–Crippen MR) is 140 cm³/mol.